The Morgan fingerprint density at radius 3 is 2.71 bits per heavy atom. The van der Waals surface area contributed by atoms with E-state index < -0.39 is 0 Å². The average molecular weight is 428 g/mol. The van der Waals surface area contributed by atoms with Gasteiger partial charge < -0.3 is 15.0 Å². The van der Waals surface area contributed by atoms with Crippen molar-refractivity contribution in [3.63, 3.8) is 0 Å². The zero-order valence-corrected chi connectivity index (χ0v) is 17.5. The standard InChI is InChI=1S/C20H27Cl2N3O3/c21-16-4-5-17(18(22)13-16)20(27)25-8-1-3-15(14-25)19(26)23-6-2-7-24-9-11-28-12-10-24/h4-5,13,15H,1-3,6-12,14H2,(H,23,26). The van der Waals surface area contributed by atoms with Gasteiger partial charge in [-0.1, -0.05) is 23.2 Å². The summed E-state index contributed by atoms with van der Waals surface area (Å²) in [6.07, 6.45) is 2.53. The fourth-order valence-electron chi connectivity index (χ4n) is 3.69. The van der Waals surface area contributed by atoms with E-state index in [0.717, 1.165) is 52.1 Å². The number of hydrogen-bond acceptors (Lipinski definition) is 4. The van der Waals surface area contributed by atoms with Gasteiger partial charge >= 0.3 is 0 Å². The van der Waals surface area contributed by atoms with Crippen molar-refractivity contribution >= 4 is 35.0 Å². The Hall–Kier alpha value is -1.34. The number of rotatable bonds is 6. The normalized spacial score (nSPS) is 20.8. The van der Waals surface area contributed by atoms with Gasteiger partial charge in [0, 0.05) is 37.7 Å². The van der Waals surface area contributed by atoms with Gasteiger partial charge in [-0.25, -0.2) is 0 Å². The van der Waals surface area contributed by atoms with Crippen molar-refractivity contribution in [2.24, 2.45) is 5.92 Å². The summed E-state index contributed by atoms with van der Waals surface area (Å²) in [6, 6.07) is 4.87. The highest BCUT2D eigenvalue weighted by atomic mass is 35.5. The number of amides is 2. The molecule has 8 heteroatoms. The molecule has 1 atom stereocenters. The van der Waals surface area contributed by atoms with E-state index in [4.69, 9.17) is 27.9 Å². The molecule has 6 nitrogen and oxygen atoms in total. The number of carbonyl (C=O) groups excluding carboxylic acids is 2. The molecule has 0 radical (unpaired) electrons. The van der Waals surface area contributed by atoms with Crippen molar-refractivity contribution in [2.75, 3.05) is 52.5 Å². The Balaban J connectivity index is 1.45. The van der Waals surface area contributed by atoms with Crippen LogP contribution in [-0.4, -0.2) is 74.1 Å². The van der Waals surface area contributed by atoms with Gasteiger partial charge in [-0.15, -0.1) is 0 Å². The molecular weight excluding hydrogens is 401 g/mol. The Morgan fingerprint density at radius 2 is 1.96 bits per heavy atom. The number of carbonyl (C=O) groups is 2. The molecule has 3 rings (SSSR count). The lowest BCUT2D eigenvalue weighted by Gasteiger charge is -2.32. The van der Waals surface area contributed by atoms with E-state index in [0.29, 0.717) is 35.2 Å². The van der Waals surface area contributed by atoms with Crippen LogP contribution in [0.2, 0.25) is 10.0 Å². The van der Waals surface area contributed by atoms with Gasteiger partial charge in [-0.3, -0.25) is 14.5 Å². The highest BCUT2D eigenvalue weighted by molar-refractivity contribution is 6.36. The second-order valence-corrected chi connectivity index (χ2v) is 8.16. The summed E-state index contributed by atoms with van der Waals surface area (Å²) in [5.41, 5.74) is 0.428. The Kier molecular flexibility index (Phi) is 7.97. The maximum atomic E-state index is 12.8. The van der Waals surface area contributed by atoms with Gasteiger partial charge in [-0.2, -0.15) is 0 Å². The molecule has 2 aliphatic rings. The molecule has 2 amide bonds. The molecule has 0 bridgehead atoms. The maximum Gasteiger partial charge on any atom is 0.255 e. The van der Waals surface area contributed by atoms with Gasteiger partial charge in [-0.05, 0) is 44.0 Å². The molecule has 2 aliphatic heterocycles. The average Bonchev–Trinajstić information content (AvgIpc) is 2.71. The first-order valence-electron chi connectivity index (χ1n) is 9.87. The van der Waals surface area contributed by atoms with Crippen LogP contribution in [0.15, 0.2) is 18.2 Å². The van der Waals surface area contributed by atoms with Gasteiger partial charge in [0.2, 0.25) is 5.91 Å². The van der Waals surface area contributed by atoms with E-state index in [1.807, 2.05) is 0 Å². The zero-order valence-electron chi connectivity index (χ0n) is 16.0. The predicted octanol–water partition coefficient (Wildman–Crippen LogP) is 2.68. The number of likely N-dealkylation sites (tertiary alicyclic amines) is 1. The second kappa shape index (κ2) is 10.4. The quantitative estimate of drug-likeness (QED) is 0.708. The molecular formula is C20H27Cl2N3O3. The lowest BCUT2D eigenvalue weighted by atomic mass is 9.96. The minimum Gasteiger partial charge on any atom is -0.379 e. The number of piperidine rings is 1. The van der Waals surface area contributed by atoms with Crippen molar-refractivity contribution in [3.05, 3.63) is 33.8 Å². The number of hydrogen-bond donors (Lipinski definition) is 1. The Labute approximate surface area is 176 Å². The van der Waals surface area contributed by atoms with Crippen molar-refractivity contribution in [3.8, 4) is 0 Å². The fourth-order valence-corrected chi connectivity index (χ4v) is 4.18. The van der Waals surface area contributed by atoms with Crippen LogP contribution < -0.4 is 5.32 Å². The molecule has 2 saturated heterocycles. The van der Waals surface area contributed by atoms with Crippen LogP contribution >= 0.6 is 23.2 Å². The largest absolute Gasteiger partial charge is 0.379 e. The maximum absolute atomic E-state index is 12.8. The van der Waals surface area contributed by atoms with Crippen LogP contribution in [0.25, 0.3) is 0 Å². The van der Waals surface area contributed by atoms with Crippen LogP contribution in [0.4, 0.5) is 0 Å². The second-order valence-electron chi connectivity index (χ2n) is 7.31. The van der Waals surface area contributed by atoms with Crippen LogP contribution in [-0.2, 0) is 9.53 Å². The SMILES string of the molecule is O=C(NCCCN1CCOCC1)C1CCCN(C(=O)c2ccc(Cl)cc2Cl)C1. The molecule has 0 saturated carbocycles. The number of benzene rings is 1. The van der Waals surface area contributed by atoms with Gasteiger partial charge in [0.25, 0.3) is 5.91 Å². The van der Waals surface area contributed by atoms with Gasteiger partial charge in [0.1, 0.15) is 0 Å². The summed E-state index contributed by atoms with van der Waals surface area (Å²) in [4.78, 5) is 29.4. The summed E-state index contributed by atoms with van der Waals surface area (Å²) in [7, 11) is 0. The first kappa shape index (κ1) is 21.4. The molecule has 2 fully saturated rings. The molecule has 1 unspecified atom stereocenters. The third-order valence-corrected chi connectivity index (χ3v) is 5.84. The third kappa shape index (κ3) is 5.83. The molecule has 2 heterocycles. The summed E-state index contributed by atoms with van der Waals surface area (Å²) >= 11 is 12.1. The van der Waals surface area contributed by atoms with Crippen molar-refractivity contribution in [2.45, 2.75) is 19.3 Å². The smallest absolute Gasteiger partial charge is 0.255 e. The van der Waals surface area contributed by atoms with Crippen LogP contribution in [0.5, 0.6) is 0 Å². The molecule has 0 aliphatic carbocycles. The van der Waals surface area contributed by atoms with E-state index in [9.17, 15) is 9.59 Å². The van der Waals surface area contributed by atoms with E-state index in [-0.39, 0.29) is 17.7 Å². The molecule has 28 heavy (non-hydrogen) atoms. The molecule has 1 N–H and O–H groups in total. The number of nitrogens with zero attached hydrogens (tertiary/aromatic N) is 2. The van der Waals surface area contributed by atoms with Gasteiger partial charge in [0.05, 0.1) is 29.7 Å². The van der Waals surface area contributed by atoms with Crippen molar-refractivity contribution < 1.29 is 14.3 Å². The number of morpholine rings is 1. The fraction of sp³-hybridized carbons (Fsp3) is 0.600. The lowest BCUT2D eigenvalue weighted by Crippen LogP contribution is -2.46. The summed E-state index contributed by atoms with van der Waals surface area (Å²) < 4.78 is 5.34. The predicted molar refractivity (Wildman–Crippen MR) is 110 cm³/mol. The number of ether oxygens (including phenoxy) is 1. The number of nitrogens with one attached hydrogen (secondary N) is 1. The first-order valence-corrected chi connectivity index (χ1v) is 10.6. The van der Waals surface area contributed by atoms with Crippen LogP contribution in [0.3, 0.4) is 0 Å². The van der Waals surface area contributed by atoms with Gasteiger partial charge in [0.15, 0.2) is 0 Å². The Bertz CT molecular complexity index is 695. The molecule has 0 spiro atoms. The molecule has 1 aromatic rings. The third-order valence-electron chi connectivity index (χ3n) is 5.29. The van der Waals surface area contributed by atoms with Crippen LogP contribution in [0, 0.1) is 5.92 Å². The van der Waals surface area contributed by atoms with E-state index in [1.54, 1.807) is 23.1 Å². The monoisotopic (exact) mass is 427 g/mol. The zero-order chi connectivity index (χ0) is 19.9. The Morgan fingerprint density at radius 1 is 1.18 bits per heavy atom. The van der Waals surface area contributed by atoms with Crippen molar-refractivity contribution in [1.29, 1.82) is 0 Å². The van der Waals surface area contributed by atoms with E-state index in [2.05, 4.69) is 10.2 Å². The summed E-state index contributed by atoms with van der Waals surface area (Å²) in [5.74, 6) is -0.291. The molecule has 1 aromatic carbocycles. The summed E-state index contributed by atoms with van der Waals surface area (Å²) in [5, 5.41) is 3.87. The van der Waals surface area contributed by atoms with Crippen LogP contribution in [0.1, 0.15) is 29.6 Å². The minimum absolute atomic E-state index is 0.0293. The first-order chi connectivity index (χ1) is 13.5. The van der Waals surface area contributed by atoms with E-state index in [1.165, 1.54) is 0 Å². The highest BCUT2D eigenvalue weighted by Crippen LogP contribution is 2.25. The summed E-state index contributed by atoms with van der Waals surface area (Å²) in [6.45, 7) is 6.18. The minimum atomic E-state index is -0.174. The van der Waals surface area contributed by atoms with E-state index >= 15 is 0 Å². The topological polar surface area (TPSA) is 61.9 Å². The molecule has 154 valence electrons. The molecule has 0 aromatic heterocycles. The van der Waals surface area contributed by atoms with Crippen molar-refractivity contribution in [1.82, 2.24) is 15.1 Å². The number of halogens is 2. The lowest BCUT2D eigenvalue weighted by molar-refractivity contribution is -0.126. The highest BCUT2D eigenvalue weighted by Gasteiger charge is 2.29.